The molecule has 4 aromatic rings. The van der Waals surface area contributed by atoms with E-state index in [9.17, 15) is 5.11 Å². The summed E-state index contributed by atoms with van der Waals surface area (Å²) in [5.41, 5.74) is 3.10. The lowest BCUT2D eigenvalue weighted by atomic mass is 9.87. The third-order valence-electron chi connectivity index (χ3n) is 6.81. The lowest BCUT2D eigenvalue weighted by Crippen LogP contribution is -2.31. The number of rotatable bonds is 13. The predicted molar refractivity (Wildman–Crippen MR) is 163 cm³/mol. The number of aromatic nitrogens is 1. The van der Waals surface area contributed by atoms with Crippen LogP contribution in [0.1, 0.15) is 39.7 Å². The molecule has 8 heteroatoms. The molecule has 0 aliphatic rings. The first-order chi connectivity index (χ1) is 19.7. The van der Waals surface area contributed by atoms with E-state index in [4.69, 9.17) is 14.2 Å². The highest BCUT2D eigenvalue weighted by atomic mass is 19.1. The Kier molecular flexibility index (Phi) is 10.0. The van der Waals surface area contributed by atoms with Crippen molar-refractivity contribution < 1.29 is 23.7 Å². The maximum atomic E-state index is 15.1. The van der Waals surface area contributed by atoms with Gasteiger partial charge in [-0.2, -0.15) is 0 Å². The smallest absolute Gasteiger partial charge is 0.163 e. The van der Waals surface area contributed by atoms with Gasteiger partial charge in [-0.15, -0.1) is 0 Å². The van der Waals surface area contributed by atoms with Gasteiger partial charge in [0.15, 0.2) is 11.5 Å². The van der Waals surface area contributed by atoms with Crippen molar-refractivity contribution in [1.29, 1.82) is 0 Å². The zero-order chi connectivity index (χ0) is 29.4. The van der Waals surface area contributed by atoms with Gasteiger partial charge in [-0.05, 0) is 60.3 Å². The van der Waals surface area contributed by atoms with Crippen molar-refractivity contribution >= 4 is 22.3 Å². The molecule has 7 nitrogen and oxygen atoms in total. The maximum absolute atomic E-state index is 15.1. The molecule has 41 heavy (non-hydrogen) atoms. The van der Waals surface area contributed by atoms with Crippen LogP contribution in [0.15, 0.2) is 66.9 Å². The zero-order valence-electron chi connectivity index (χ0n) is 24.5. The number of halogens is 1. The number of ether oxygens (including phenoxy) is 3. The lowest BCUT2D eigenvalue weighted by molar-refractivity contribution is 0.167. The van der Waals surface area contributed by atoms with Gasteiger partial charge in [-0.3, -0.25) is 9.88 Å². The average Bonchev–Trinajstić information content (AvgIpc) is 2.94. The van der Waals surface area contributed by atoms with Gasteiger partial charge in [-0.1, -0.05) is 39.8 Å². The molecule has 0 unspecified atom stereocenters. The van der Waals surface area contributed by atoms with Crippen LogP contribution in [-0.2, 0) is 5.41 Å². The Morgan fingerprint density at radius 2 is 1.71 bits per heavy atom. The fraction of sp³-hybridized carbons (Fsp3) is 0.364. The van der Waals surface area contributed by atoms with Crippen LogP contribution in [0.25, 0.3) is 10.9 Å². The first kappa shape index (κ1) is 30.1. The van der Waals surface area contributed by atoms with E-state index in [0.717, 1.165) is 18.7 Å². The molecule has 4 rings (SSSR count). The van der Waals surface area contributed by atoms with Crippen LogP contribution >= 0.6 is 0 Å². The summed E-state index contributed by atoms with van der Waals surface area (Å²) in [6.07, 6.45) is 2.65. The quantitative estimate of drug-likeness (QED) is 0.177. The van der Waals surface area contributed by atoms with Crippen molar-refractivity contribution in [3.63, 3.8) is 0 Å². The molecular weight excluding hydrogens is 521 g/mol. The Morgan fingerprint density at radius 3 is 2.37 bits per heavy atom. The molecule has 0 amide bonds. The van der Waals surface area contributed by atoms with Gasteiger partial charge in [0.2, 0.25) is 0 Å². The normalized spacial score (nSPS) is 11.6. The summed E-state index contributed by atoms with van der Waals surface area (Å²) < 4.78 is 32.8. The van der Waals surface area contributed by atoms with E-state index in [-0.39, 0.29) is 12.0 Å². The van der Waals surface area contributed by atoms with Crippen LogP contribution in [0, 0.1) is 5.82 Å². The highest BCUT2D eigenvalue weighted by Gasteiger charge is 2.15. The van der Waals surface area contributed by atoms with E-state index in [0.29, 0.717) is 59.3 Å². The minimum atomic E-state index is -0.424. The molecule has 0 fully saturated rings. The summed E-state index contributed by atoms with van der Waals surface area (Å²) in [6.45, 7) is 11.3. The summed E-state index contributed by atoms with van der Waals surface area (Å²) in [5, 5.41) is 13.1. The molecule has 0 bridgehead atoms. The Balaban J connectivity index is 1.48. The standard InChI is InChI=1S/C33H40FN3O4/c1-6-15-37(16-18-38)17-19-40-32-22-29-26(21-31(32)39-5)30(13-14-35-29)41-25-11-12-28(27(34)20-25)36-24-9-7-23(8-10-24)33(2,3)4/h7-14,20-22,36,38H,6,15-19H2,1-5H3. The Hall–Kier alpha value is -3.88. The SMILES string of the molecule is CCCN(CCO)CCOc1cc2nccc(Oc3ccc(Nc4ccc(C(C)(C)C)cc4)c(F)c3)c2cc1OC. The molecule has 0 saturated heterocycles. The van der Waals surface area contributed by atoms with E-state index in [1.54, 1.807) is 31.5 Å². The molecule has 0 spiro atoms. The van der Waals surface area contributed by atoms with E-state index < -0.39 is 5.82 Å². The number of aliphatic hydroxyl groups is 1. The number of nitrogens with one attached hydrogen (secondary N) is 1. The molecule has 2 N–H and O–H groups in total. The van der Waals surface area contributed by atoms with Crippen LogP contribution in [0.5, 0.6) is 23.0 Å². The van der Waals surface area contributed by atoms with Crippen LogP contribution in [0.2, 0.25) is 0 Å². The van der Waals surface area contributed by atoms with Gasteiger partial charge in [0.1, 0.15) is 23.9 Å². The van der Waals surface area contributed by atoms with Crippen LogP contribution in [0.3, 0.4) is 0 Å². The van der Waals surface area contributed by atoms with Crippen LogP contribution in [0.4, 0.5) is 15.8 Å². The topological polar surface area (TPSA) is 76.1 Å². The predicted octanol–water partition coefficient (Wildman–Crippen LogP) is 7.30. The largest absolute Gasteiger partial charge is 0.493 e. The Morgan fingerprint density at radius 1 is 0.927 bits per heavy atom. The second-order valence-corrected chi connectivity index (χ2v) is 10.9. The number of hydrogen-bond acceptors (Lipinski definition) is 7. The fourth-order valence-electron chi connectivity index (χ4n) is 4.56. The highest BCUT2D eigenvalue weighted by molar-refractivity contribution is 5.88. The Bertz CT molecular complexity index is 1430. The van der Waals surface area contributed by atoms with Gasteiger partial charge in [-0.25, -0.2) is 4.39 Å². The van der Waals surface area contributed by atoms with E-state index in [1.807, 2.05) is 24.3 Å². The molecule has 218 valence electrons. The van der Waals surface area contributed by atoms with Crippen molar-refractivity contribution in [2.24, 2.45) is 0 Å². The molecule has 0 aliphatic heterocycles. The molecule has 0 saturated carbocycles. The molecule has 3 aromatic carbocycles. The minimum Gasteiger partial charge on any atom is -0.493 e. The fourth-order valence-corrected chi connectivity index (χ4v) is 4.56. The van der Waals surface area contributed by atoms with Gasteiger partial charge in [0.25, 0.3) is 0 Å². The van der Waals surface area contributed by atoms with Crippen molar-refractivity contribution in [3.8, 4) is 23.0 Å². The van der Waals surface area contributed by atoms with Crippen molar-refractivity contribution in [2.45, 2.75) is 39.5 Å². The maximum Gasteiger partial charge on any atom is 0.163 e. The lowest BCUT2D eigenvalue weighted by Gasteiger charge is -2.21. The second kappa shape index (κ2) is 13.7. The molecule has 0 atom stereocenters. The molecule has 0 radical (unpaired) electrons. The van der Waals surface area contributed by atoms with Crippen LogP contribution in [-0.4, -0.2) is 54.9 Å². The van der Waals surface area contributed by atoms with Gasteiger partial charge < -0.3 is 24.6 Å². The minimum absolute atomic E-state index is 0.0509. The zero-order valence-corrected chi connectivity index (χ0v) is 24.5. The third-order valence-corrected chi connectivity index (χ3v) is 6.81. The van der Waals surface area contributed by atoms with Gasteiger partial charge >= 0.3 is 0 Å². The van der Waals surface area contributed by atoms with Crippen molar-refractivity contribution in [2.75, 3.05) is 45.3 Å². The number of pyridine rings is 1. The number of hydrogen-bond donors (Lipinski definition) is 2. The number of fused-ring (bicyclic) bond motifs is 1. The number of aliphatic hydroxyl groups excluding tert-OH is 1. The van der Waals surface area contributed by atoms with Crippen molar-refractivity contribution in [3.05, 3.63) is 78.2 Å². The average molecular weight is 562 g/mol. The van der Waals surface area contributed by atoms with Gasteiger partial charge in [0, 0.05) is 42.5 Å². The van der Waals surface area contributed by atoms with Gasteiger partial charge in [0.05, 0.1) is 24.9 Å². The van der Waals surface area contributed by atoms with Crippen molar-refractivity contribution in [1.82, 2.24) is 9.88 Å². The van der Waals surface area contributed by atoms with E-state index in [2.05, 4.69) is 55.0 Å². The molecule has 1 aromatic heterocycles. The summed E-state index contributed by atoms with van der Waals surface area (Å²) in [7, 11) is 1.58. The summed E-state index contributed by atoms with van der Waals surface area (Å²) in [5.74, 6) is 1.58. The summed E-state index contributed by atoms with van der Waals surface area (Å²) in [6, 6.07) is 18.1. The summed E-state index contributed by atoms with van der Waals surface area (Å²) >= 11 is 0. The Labute approximate surface area is 241 Å². The first-order valence-electron chi connectivity index (χ1n) is 14.0. The number of nitrogens with zero attached hydrogens (tertiary/aromatic N) is 2. The second-order valence-electron chi connectivity index (χ2n) is 10.9. The summed E-state index contributed by atoms with van der Waals surface area (Å²) in [4.78, 5) is 6.63. The molecular formula is C33H40FN3O4. The number of anilines is 2. The third kappa shape index (κ3) is 7.86. The first-order valence-corrected chi connectivity index (χ1v) is 14.0. The van der Waals surface area contributed by atoms with Crippen LogP contribution < -0.4 is 19.5 Å². The molecule has 1 heterocycles. The number of methoxy groups -OCH3 is 1. The highest BCUT2D eigenvalue weighted by Crippen LogP contribution is 2.37. The van der Waals surface area contributed by atoms with E-state index in [1.165, 1.54) is 11.6 Å². The monoisotopic (exact) mass is 561 g/mol. The molecule has 0 aliphatic carbocycles. The number of benzene rings is 3. The van der Waals surface area contributed by atoms with E-state index >= 15 is 4.39 Å².